The van der Waals surface area contributed by atoms with Crippen molar-refractivity contribution < 1.29 is 22.9 Å². The Bertz CT molecular complexity index is 932. The van der Waals surface area contributed by atoms with Gasteiger partial charge >= 0.3 is 5.97 Å². The highest BCUT2D eigenvalue weighted by molar-refractivity contribution is 9.10. The van der Waals surface area contributed by atoms with Crippen LogP contribution in [0.4, 0.5) is 11.4 Å². The van der Waals surface area contributed by atoms with Crippen LogP contribution in [0.2, 0.25) is 0 Å². The number of rotatable bonds is 7. The Morgan fingerprint density at radius 2 is 1.92 bits per heavy atom. The van der Waals surface area contributed by atoms with Gasteiger partial charge in [-0.15, -0.1) is 0 Å². The lowest BCUT2D eigenvalue weighted by Crippen LogP contribution is -2.36. The fraction of sp³-hybridized carbons (Fsp3) is 0.188. The topological polar surface area (TPSA) is 107 Å². The molecule has 0 atom stereocenters. The maximum Gasteiger partial charge on any atom is 0.326 e. The number of hydrogen-bond donors (Lipinski definition) is 0. The first-order chi connectivity index (χ1) is 12.3. The Morgan fingerprint density at radius 3 is 2.54 bits per heavy atom. The highest BCUT2D eigenvalue weighted by Gasteiger charge is 2.30. The lowest BCUT2D eigenvalue weighted by Gasteiger charge is -2.24. The predicted molar refractivity (Wildman–Crippen MR) is 98.4 cm³/mol. The van der Waals surface area contributed by atoms with Gasteiger partial charge in [0.05, 0.1) is 22.1 Å². The molecule has 0 aliphatic carbocycles. The molecule has 0 saturated heterocycles. The molecular formula is C16H15BrN2O6S. The quantitative estimate of drug-likeness (QED) is 0.370. The molecule has 0 spiro atoms. The first-order valence-electron chi connectivity index (χ1n) is 7.44. The van der Waals surface area contributed by atoms with E-state index in [0.717, 1.165) is 10.4 Å². The Hall–Kier alpha value is -2.46. The molecule has 10 heteroatoms. The van der Waals surface area contributed by atoms with Gasteiger partial charge in [-0.1, -0.05) is 18.2 Å². The van der Waals surface area contributed by atoms with Crippen molar-refractivity contribution in [3.63, 3.8) is 0 Å². The minimum Gasteiger partial charge on any atom is -0.465 e. The number of ether oxygens (including phenoxy) is 1. The Labute approximate surface area is 158 Å². The van der Waals surface area contributed by atoms with Gasteiger partial charge in [-0.2, -0.15) is 0 Å². The molecule has 2 aromatic rings. The number of sulfonamides is 1. The predicted octanol–water partition coefficient (Wildman–Crippen LogP) is 3.12. The van der Waals surface area contributed by atoms with E-state index in [1.54, 1.807) is 25.1 Å². The SMILES string of the molecule is CCOC(=O)CN(c1ccccc1Br)S(=O)(=O)c1cccc([N+](=O)[O-])c1. The van der Waals surface area contributed by atoms with Crippen molar-refractivity contribution in [3.05, 3.63) is 63.1 Å². The van der Waals surface area contributed by atoms with Crippen LogP contribution in [0.15, 0.2) is 57.9 Å². The molecule has 0 radical (unpaired) electrons. The molecule has 0 aliphatic heterocycles. The third-order valence-corrected chi connectivity index (χ3v) is 5.74. The molecule has 0 N–H and O–H groups in total. The number of nitro groups is 1. The number of anilines is 1. The summed E-state index contributed by atoms with van der Waals surface area (Å²) in [5, 5.41) is 11.0. The van der Waals surface area contributed by atoms with Crippen LogP contribution in [0.1, 0.15) is 6.92 Å². The van der Waals surface area contributed by atoms with Gasteiger partial charge in [-0.25, -0.2) is 8.42 Å². The zero-order chi connectivity index (χ0) is 19.3. The summed E-state index contributed by atoms with van der Waals surface area (Å²) in [5.74, 6) is -0.739. The maximum absolute atomic E-state index is 13.1. The van der Waals surface area contributed by atoms with E-state index in [1.165, 1.54) is 24.3 Å². The summed E-state index contributed by atoms with van der Waals surface area (Å²) in [6.07, 6.45) is 0. The van der Waals surface area contributed by atoms with E-state index in [9.17, 15) is 23.3 Å². The molecule has 0 bridgehead atoms. The van der Waals surface area contributed by atoms with Gasteiger partial charge in [0.2, 0.25) is 0 Å². The molecule has 0 aliphatic rings. The largest absolute Gasteiger partial charge is 0.465 e. The zero-order valence-corrected chi connectivity index (χ0v) is 16.1. The van der Waals surface area contributed by atoms with E-state index in [0.29, 0.717) is 4.47 Å². The number of non-ortho nitro benzene ring substituents is 1. The van der Waals surface area contributed by atoms with Gasteiger partial charge < -0.3 is 4.74 Å². The van der Waals surface area contributed by atoms with Crippen LogP contribution in [0.5, 0.6) is 0 Å². The monoisotopic (exact) mass is 442 g/mol. The van der Waals surface area contributed by atoms with Crippen molar-refractivity contribution in [3.8, 4) is 0 Å². The number of para-hydroxylation sites is 1. The third-order valence-electron chi connectivity index (χ3n) is 3.32. The maximum atomic E-state index is 13.1. The molecule has 0 heterocycles. The van der Waals surface area contributed by atoms with Crippen molar-refractivity contribution in [2.24, 2.45) is 0 Å². The van der Waals surface area contributed by atoms with Crippen LogP contribution in [0, 0.1) is 10.1 Å². The summed E-state index contributed by atoms with van der Waals surface area (Å²) >= 11 is 3.26. The number of carbonyl (C=O) groups is 1. The number of carbonyl (C=O) groups excluding carboxylic acids is 1. The minimum atomic E-state index is -4.25. The van der Waals surface area contributed by atoms with Gasteiger partial charge in [0, 0.05) is 16.6 Å². The molecular weight excluding hydrogens is 428 g/mol. The standard InChI is InChI=1S/C16H15BrN2O6S/c1-2-25-16(20)11-18(15-9-4-3-8-14(15)17)26(23,24)13-7-5-6-12(10-13)19(21)22/h3-10H,2,11H2,1H3. The number of nitrogens with zero attached hydrogens (tertiary/aromatic N) is 2. The molecule has 0 saturated carbocycles. The third kappa shape index (κ3) is 4.38. The molecule has 0 amide bonds. The molecule has 8 nitrogen and oxygen atoms in total. The van der Waals surface area contributed by atoms with Crippen molar-refractivity contribution in [2.45, 2.75) is 11.8 Å². The number of benzene rings is 2. The summed E-state index contributed by atoms with van der Waals surface area (Å²) < 4.78 is 32.3. The normalized spacial score (nSPS) is 11.0. The smallest absolute Gasteiger partial charge is 0.326 e. The molecule has 26 heavy (non-hydrogen) atoms. The summed E-state index contributed by atoms with van der Waals surface area (Å²) in [4.78, 5) is 21.9. The molecule has 2 rings (SSSR count). The zero-order valence-electron chi connectivity index (χ0n) is 13.7. The lowest BCUT2D eigenvalue weighted by atomic mass is 10.3. The molecule has 138 valence electrons. The van der Waals surface area contributed by atoms with Crippen molar-refractivity contribution in [1.29, 1.82) is 0 Å². The first-order valence-corrected chi connectivity index (χ1v) is 9.68. The van der Waals surface area contributed by atoms with Crippen LogP contribution in [-0.4, -0.2) is 32.5 Å². The number of nitro benzene ring substituents is 1. The van der Waals surface area contributed by atoms with Gasteiger partial charge in [-0.05, 0) is 41.1 Å². The number of esters is 1. The van der Waals surface area contributed by atoms with E-state index in [-0.39, 0.29) is 22.9 Å². The van der Waals surface area contributed by atoms with Gasteiger partial charge in [0.15, 0.2) is 0 Å². The Balaban J connectivity index is 2.56. The molecule has 0 unspecified atom stereocenters. The first kappa shape index (κ1) is 19.9. The second-order valence-electron chi connectivity index (χ2n) is 5.02. The van der Waals surface area contributed by atoms with Crippen molar-refractivity contribution >= 4 is 43.3 Å². The van der Waals surface area contributed by atoms with Gasteiger partial charge in [-0.3, -0.25) is 19.2 Å². The minimum absolute atomic E-state index is 0.0967. The van der Waals surface area contributed by atoms with Crippen LogP contribution >= 0.6 is 15.9 Å². The summed E-state index contributed by atoms with van der Waals surface area (Å²) in [5.41, 5.74) is -0.152. The van der Waals surface area contributed by atoms with Crippen molar-refractivity contribution in [2.75, 3.05) is 17.5 Å². The van der Waals surface area contributed by atoms with E-state index in [4.69, 9.17) is 4.74 Å². The van der Waals surface area contributed by atoms with Crippen LogP contribution in [0.3, 0.4) is 0 Å². The highest BCUT2D eigenvalue weighted by Crippen LogP contribution is 2.31. The summed E-state index contributed by atoms with van der Waals surface area (Å²) in [7, 11) is -4.25. The highest BCUT2D eigenvalue weighted by atomic mass is 79.9. The molecule has 0 aromatic heterocycles. The van der Waals surface area contributed by atoms with E-state index >= 15 is 0 Å². The van der Waals surface area contributed by atoms with Crippen LogP contribution < -0.4 is 4.31 Å². The summed E-state index contributed by atoms with van der Waals surface area (Å²) in [6, 6.07) is 11.1. The second-order valence-corrected chi connectivity index (χ2v) is 7.74. The Kier molecular flexibility index (Phi) is 6.32. The fourth-order valence-corrected chi connectivity index (χ4v) is 4.25. The lowest BCUT2D eigenvalue weighted by molar-refractivity contribution is -0.385. The molecule has 0 fully saturated rings. The average molecular weight is 443 g/mol. The van der Waals surface area contributed by atoms with Gasteiger partial charge in [0.25, 0.3) is 15.7 Å². The fourth-order valence-electron chi connectivity index (χ4n) is 2.16. The summed E-state index contributed by atoms with van der Waals surface area (Å²) in [6.45, 7) is 1.14. The van der Waals surface area contributed by atoms with Crippen LogP contribution in [-0.2, 0) is 19.6 Å². The van der Waals surface area contributed by atoms with E-state index in [1.807, 2.05) is 0 Å². The van der Waals surface area contributed by atoms with Gasteiger partial charge in [0.1, 0.15) is 6.54 Å². The van der Waals surface area contributed by atoms with Crippen molar-refractivity contribution in [1.82, 2.24) is 0 Å². The molecule has 2 aromatic carbocycles. The van der Waals surface area contributed by atoms with E-state index in [2.05, 4.69) is 15.9 Å². The second kappa shape index (κ2) is 8.28. The number of hydrogen-bond acceptors (Lipinski definition) is 6. The average Bonchev–Trinajstić information content (AvgIpc) is 2.60. The van der Waals surface area contributed by atoms with E-state index < -0.39 is 27.5 Å². The van der Waals surface area contributed by atoms with Crippen LogP contribution in [0.25, 0.3) is 0 Å². The number of halogens is 1. The Morgan fingerprint density at radius 1 is 1.23 bits per heavy atom.